The highest BCUT2D eigenvalue weighted by Gasteiger charge is 2.28. The number of methoxy groups -OCH3 is 1. The summed E-state index contributed by atoms with van der Waals surface area (Å²) in [5.74, 6) is -2.25. The zero-order chi connectivity index (χ0) is 26.1. The number of unbranched alkanes of at least 4 members (excludes halogenated alkanes) is 1. The van der Waals surface area contributed by atoms with Crippen LogP contribution in [-0.4, -0.2) is 44.8 Å². The summed E-state index contributed by atoms with van der Waals surface area (Å²) in [5.41, 5.74) is 2.92. The van der Waals surface area contributed by atoms with Crippen molar-refractivity contribution < 1.29 is 29.4 Å². The number of halogens is 1. The predicted molar refractivity (Wildman–Crippen MR) is 130 cm³/mol. The molecule has 1 aromatic heterocycles. The molecule has 1 atom stereocenters. The summed E-state index contributed by atoms with van der Waals surface area (Å²) in [6.45, 7) is 6.11. The van der Waals surface area contributed by atoms with Crippen molar-refractivity contribution in [2.45, 2.75) is 59.5 Å². The molecule has 0 saturated carbocycles. The quantitative estimate of drug-likeness (QED) is 0.184. The van der Waals surface area contributed by atoms with Crippen LogP contribution in [0.1, 0.15) is 67.5 Å². The number of nitrogens with one attached hydrogen (secondary N) is 2. The topological polar surface area (TPSA) is 143 Å². The van der Waals surface area contributed by atoms with Crippen LogP contribution in [0.2, 0.25) is 5.15 Å². The van der Waals surface area contributed by atoms with Gasteiger partial charge in [0.05, 0.1) is 31.5 Å². The highest BCUT2D eigenvalue weighted by molar-refractivity contribution is 6.30. The number of aryl methyl sites for hydroxylation is 1. The Bertz CT molecular complexity index is 1050. The van der Waals surface area contributed by atoms with Gasteiger partial charge in [-0.25, -0.2) is 15.3 Å². The van der Waals surface area contributed by atoms with Gasteiger partial charge in [-0.15, -0.1) is 0 Å². The maximum atomic E-state index is 12.8. The number of imidazole rings is 1. The van der Waals surface area contributed by atoms with E-state index in [0.29, 0.717) is 30.0 Å². The summed E-state index contributed by atoms with van der Waals surface area (Å²) in [6.07, 6.45) is 2.74. The van der Waals surface area contributed by atoms with Gasteiger partial charge in [0.1, 0.15) is 17.5 Å². The number of carboxylic acids is 1. The summed E-state index contributed by atoms with van der Waals surface area (Å²) >= 11 is 6.46. The number of hydrogen-bond donors (Lipinski definition) is 4. The lowest BCUT2D eigenvalue weighted by Gasteiger charge is -2.18. The van der Waals surface area contributed by atoms with Gasteiger partial charge in [0.25, 0.3) is 5.91 Å². The summed E-state index contributed by atoms with van der Waals surface area (Å²) in [4.78, 5) is 40.6. The Morgan fingerprint density at radius 2 is 1.94 bits per heavy atom. The molecule has 0 aliphatic carbocycles. The van der Waals surface area contributed by atoms with Crippen LogP contribution in [0, 0.1) is 11.8 Å². The fourth-order valence-corrected chi connectivity index (χ4v) is 4.01. The third-order valence-electron chi connectivity index (χ3n) is 5.60. The zero-order valence-corrected chi connectivity index (χ0v) is 21.2. The second-order valence-electron chi connectivity index (χ2n) is 8.66. The number of aromatic carboxylic acids is 1. The number of carbonyl (C=O) groups is 3. The molecule has 0 bridgehead atoms. The summed E-state index contributed by atoms with van der Waals surface area (Å²) in [5, 5.41) is 21.3. The molecule has 1 aromatic carbocycles. The van der Waals surface area contributed by atoms with E-state index in [0.717, 1.165) is 18.7 Å². The Morgan fingerprint density at radius 3 is 2.51 bits per heavy atom. The van der Waals surface area contributed by atoms with Crippen molar-refractivity contribution in [1.29, 1.82) is 0 Å². The second kappa shape index (κ2) is 13.1. The molecular formula is C24H33ClN4O6. The first-order chi connectivity index (χ1) is 16.6. The number of carboxylic acid groups (broad SMARTS) is 1. The number of aromatic nitrogens is 2. The third kappa shape index (κ3) is 7.43. The van der Waals surface area contributed by atoms with Crippen molar-refractivity contribution in [3.63, 3.8) is 0 Å². The monoisotopic (exact) mass is 508 g/mol. The van der Waals surface area contributed by atoms with Gasteiger partial charge in [0, 0.05) is 12.0 Å². The molecule has 35 heavy (non-hydrogen) atoms. The van der Waals surface area contributed by atoms with Crippen molar-refractivity contribution in [2.24, 2.45) is 11.8 Å². The average molecular weight is 509 g/mol. The molecular weight excluding hydrogens is 476 g/mol. The number of hydrogen-bond acceptors (Lipinski definition) is 6. The maximum Gasteiger partial charge on any atom is 0.335 e. The van der Waals surface area contributed by atoms with Gasteiger partial charge in [0.2, 0.25) is 5.91 Å². The second-order valence-corrected chi connectivity index (χ2v) is 9.02. The molecule has 4 N–H and O–H groups in total. The highest BCUT2D eigenvalue weighted by Crippen LogP contribution is 2.26. The average Bonchev–Trinajstić information content (AvgIpc) is 3.12. The number of nitrogens with zero attached hydrogens (tertiary/aromatic N) is 2. The molecule has 0 aliphatic heterocycles. The van der Waals surface area contributed by atoms with Gasteiger partial charge >= 0.3 is 5.97 Å². The normalized spacial score (nSPS) is 11.9. The van der Waals surface area contributed by atoms with E-state index in [-0.39, 0.29) is 29.6 Å². The lowest BCUT2D eigenvalue weighted by atomic mass is 9.95. The first-order valence-electron chi connectivity index (χ1n) is 11.5. The zero-order valence-electron chi connectivity index (χ0n) is 20.4. The SMILES string of the molecule is CCCCc1nc(Cl)c(CNC(=O)C(CC(C)C)C(=O)NO)n1Cc1ccc(C(=O)O)cc1OC. The number of benzene rings is 1. The standard InChI is InChI=1S/C24H33ClN4O6/c1-5-6-7-20-27-21(25)18(12-26-22(30)17(10-14(2)3)23(31)28-34)29(20)13-16-9-8-15(24(32)33)11-19(16)35-4/h8-9,11,14,17,34H,5-7,10,12-13H2,1-4H3,(H,26,30)(H,28,31)(H,32,33). The number of amides is 2. The molecule has 0 fully saturated rings. The number of carbonyl (C=O) groups excluding carboxylic acids is 2. The molecule has 0 saturated heterocycles. The fraction of sp³-hybridized carbons (Fsp3) is 0.500. The van der Waals surface area contributed by atoms with Crippen LogP contribution < -0.4 is 15.5 Å². The third-order valence-corrected chi connectivity index (χ3v) is 5.90. The van der Waals surface area contributed by atoms with Gasteiger partial charge in [-0.05, 0) is 30.9 Å². The van der Waals surface area contributed by atoms with E-state index in [1.54, 1.807) is 11.5 Å². The molecule has 10 nitrogen and oxygen atoms in total. The molecule has 0 radical (unpaired) electrons. The molecule has 192 valence electrons. The van der Waals surface area contributed by atoms with Gasteiger partial charge in [0.15, 0.2) is 5.15 Å². The van der Waals surface area contributed by atoms with E-state index in [1.807, 2.05) is 18.4 Å². The van der Waals surface area contributed by atoms with Gasteiger partial charge in [-0.2, -0.15) is 0 Å². The smallest absolute Gasteiger partial charge is 0.335 e. The Kier molecular flexibility index (Phi) is 10.5. The van der Waals surface area contributed by atoms with E-state index in [2.05, 4.69) is 17.2 Å². The van der Waals surface area contributed by atoms with Crippen LogP contribution in [0.4, 0.5) is 0 Å². The molecule has 11 heteroatoms. The summed E-state index contributed by atoms with van der Waals surface area (Å²) in [6, 6.07) is 4.62. The minimum atomic E-state index is -1.06. The first kappa shape index (κ1) is 28.1. The molecule has 1 unspecified atom stereocenters. The molecule has 2 amide bonds. The summed E-state index contributed by atoms with van der Waals surface area (Å²) < 4.78 is 7.29. The maximum absolute atomic E-state index is 12.8. The van der Waals surface area contributed by atoms with E-state index in [9.17, 15) is 19.5 Å². The Morgan fingerprint density at radius 1 is 1.23 bits per heavy atom. The van der Waals surface area contributed by atoms with Crippen molar-refractivity contribution in [3.05, 3.63) is 46.0 Å². The fourth-order valence-electron chi connectivity index (χ4n) is 3.74. The van der Waals surface area contributed by atoms with Crippen LogP contribution in [0.3, 0.4) is 0 Å². The van der Waals surface area contributed by atoms with Gasteiger partial charge in [-0.3, -0.25) is 14.8 Å². The van der Waals surface area contributed by atoms with Gasteiger partial charge < -0.3 is 19.7 Å². The van der Waals surface area contributed by atoms with Crippen LogP contribution in [0.15, 0.2) is 18.2 Å². The van der Waals surface area contributed by atoms with E-state index in [4.69, 9.17) is 21.5 Å². The van der Waals surface area contributed by atoms with E-state index >= 15 is 0 Å². The minimum Gasteiger partial charge on any atom is -0.496 e. The molecule has 2 rings (SSSR count). The van der Waals surface area contributed by atoms with Crippen LogP contribution in [0.25, 0.3) is 0 Å². The van der Waals surface area contributed by atoms with E-state index in [1.165, 1.54) is 19.2 Å². The van der Waals surface area contributed by atoms with E-state index < -0.39 is 23.7 Å². The summed E-state index contributed by atoms with van der Waals surface area (Å²) in [7, 11) is 1.46. The largest absolute Gasteiger partial charge is 0.496 e. The molecule has 1 heterocycles. The van der Waals surface area contributed by atoms with Crippen LogP contribution in [-0.2, 0) is 29.1 Å². The lowest BCUT2D eigenvalue weighted by molar-refractivity contribution is -0.141. The van der Waals surface area contributed by atoms with Crippen molar-refractivity contribution >= 4 is 29.4 Å². The van der Waals surface area contributed by atoms with Crippen molar-refractivity contribution in [3.8, 4) is 5.75 Å². The highest BCUT2D eigenvalue weighted by atomic mass is 35.5. The molecule has 0 aliphatic rings. The van der Waals surface area contributed by atoms with Crippen LogP contribution >= 0.6 is 11.6 Å². The van der Waals surface area contributed by atoms with Crippen molar-refractivity contribution in [1.82, 2.24) is 20.3 Å². The lowest BCUT2D eigenvalue weighted by Crippen LogP contribution is -2.41. The Balaban J connectivity index is 2.37. The number of hydroxylamine groups is 1. The number of rotatable bonds is 13. The van der Waals surface area contributed by atoms with Gasteiger partial charge in [-0.1, -0.05) is 44.9 Å². The van der Waals surface area contributed by atoms with Crippen molar-refractivity contribution in [2.75, 3.05) is 7.11 Å². The Hall–Kier alpha value is -3.11. The van der Waals surface area contributed by atoms with Crippen LogP contribution in [0.5, 0.6) is 5.75 Å². The minimum absolute atomic E-state index is 0.0135. The predicted octanol–water partition coefficient (Wildman–Crippen LogP) is 3.42. The molecule has 0 spiro atoms. The number of ether oxygens (including phenoxy) is 1. The first-order valence-corrected chi connectivity index (χ1v) is 11.9. The molecule has 2 aromatic rings. The Labute approximate surface area is 209 Å².